The Morgan fingerprint density at radius 2 is 2.04 bits per heavy atom. The van der Waals surface area contributed by atoms with Gasteiger partial charge in [-0.05, 0) is 38.2 Å². The van der Waals surface area contributed by atoms with Crippen LogP contribution in [0, 0.1) is 12.8 Å². The molecule has 1 aliphatic heterocycles. The lowest BCUT2D eigenvalue weighted by molar-refractivity contribution is 0.0629. The van der Waals surface area contributed by atoms with E-state index in [2.05, 4.69) is 9.97 Å². The monoisotopic (exact) mass is 394 g/mol. The van der Waals surface area contributed by atoms with Gasteiger partial charge < -0.3 is 4.90 Å². The molecule has 0 bridgehead atoms. The minimum Gasteiger partial charge on any atom is -0.337 e. The average molecular weight is 395 g/mol. The fourth-order valence-electron chi connectivity index (χ4n) is 3.85. The van der Waals surface area contributed by atoms with Crippen LogP contribution in [0.5, 0.6) is 0 Å². The van der Waals surface area contributed by atoms with Gasteiger partial charge >= 0.3 is 0 Å². The number of Topliss-reactive ketones (excluding diaryl/α,β-unsaturated/α-hetero) is 1. The maximum atomic E-state index is 13.2. The molecule has 1 aliphatic rings. The molecule has 0 spiro atoms. The summed E-state index contributed by atoms with van der Waals surface area (Å²) in [5.74, 6) is 0.373. The van der Waals surface area contributed by atoms with Gasteiger partial charge in [-0.2, -0.15) is 0 Å². The zero-order chi connectivity index (χ0) is 19.7. The Bertz CT molecular complexity index is 1050. The number of hydrogen-bond acceptors (Lipinski definition) is 5. The minimum absolute atomic E-state index is 0.0892. The Labute approximate surface area is 168 Å². The summed E-state index contributed by atoms with van der Waals surface area (Å²) in [6.07, 6.45) is 7.06. The second-order valence-electron chi connectivity index (χ2n) is 6.99. The molecule has 6 nitrogen and oxygen atoms in total. The lowest BCUT2D eigenvalue weighted by atomic mass is 9.89. The summed E-state index contributed by atoms with van der Waals surface area (Å²) in [4.78, 5) is 37.8. The number of likely N-dealkylation sites (tertiary alicyclic amines) is 1. The fourth-order valence-corrected chi connectivity index (χ4v) is 4.45. The molecule has 0 unspecified atom stereocenters. The summed E-state index contributed by atoms with van der Waals surface area (Å²) in [5, 5.41) is 0. The molecule has 3 heterocycles. The van der Waals surface area contributed by atoms with Crippen molar-refractivity contribution in [2.75, 3.05) is 19.3 Å². The van der Waals surface area contributed by atoms with Gasteiger partial charge in [-0.3, -0.25) is 14.0 Å². The Hall–Kier alpha value is -2.67. The minimum atomic E-state index is -0.177. The molecular formula is C21H22N4O2S. The Kier molecular flexibility index (Phi) is 5.17. The molecule has 0 aliphatic carbocycles. The van der Waals surface area contributed by atoms with E-state index in [0.29, 0.717) is 30.3 Å². The van der Waals surface area contributed by atoms with Crippen LogP contribution in [0.15, 0.2) is 47.6 Å². The summed E-state index contributed by atoms with van der Waals surface area (Å²) in [6.45, 7) is 2.91. The van der Waals surface area contributed by atoms with Crippen molar-refractivity contribution in [1.82, 2.24) is 19.3 Å². The molecule has 1 fully saturated rings. The summed E-state index contributed by atoms with van der Waals surface area (Å²) >= 11 is 1.58. The van der Waals surface area contributed by atoms with Crippen LogP contribution < -0.4 is 0 Å². The molecule has 28 heavy (non-hydrogen) atoms. The number of piperidine rings is 1. The van der Waals surface area contributed by atoms with Crippen molar-refractivity contribution in [2.45, 2.75) is 24.7 Å². The third-order valence-electron chi connectivity index (χ3n) is 5.23. The highest BCUT2D eigenvalue weighted by Crippen LogP contribution is 2.27. The molecule has 7 heteroatoms. The van der Waals surface area contributed by atoms with E-state index in [9.17, 15) is 9.59 Å². The largest absolute Gasteiger partial charge is 0.337 e. The predicted molar refractivity (Wildman–Crippen MR) is 109 cm³/mol. The predicted octanol–water partition coefficient (Wildman–Crippen LogP) is 3.49. The van der Waals surface area contributed by atoms with Crippen LogP contribution in [0.2, 0.25) is 0 Å². The van der Waals surface area contributed by atoms with Crippen LogP contribution in [-0.4, -0.2) is 50.3 Å². The van der Waals surface area contributed by atoms with Gasteiger partial charge in [0, 0.05) is 41.9 Å². The zero-order valence-electron chi connectivity index (χ0n) is 16.0. The van der Waals surface area contributed by atoms with Crippen LogP contribution in [0.1, 0.15) is 39.4 Å². The fraction of sp³-hybridized carbons (Fsp3) is 0.333. The van der Waals surface area contributed by atoms with Gasteiger partial charge in [0.25, 0.3) is 5.91 Å². The average Bonchev–Trinajstić information content (AvgIpc) is 3.08. The highest BCUT2D eigenvalue weighted by molar-refractivity contribution is 7.98. The summed E-state index contributed by atoms with van der Waals surface area (Å²) < 4.78 is 1.73. The van der Waals surface area contributed by atoms with Gasteiger partial charge in [-0.15, -0.1) is 11.8 Å². The van der Waals surface area contributed by atoms with E-state index in [1.807, 2.05) is 37.4 Å². The first-order valence-electron chi connectivity index (χ1n) is 9.36. The van der Waals surface area contributed by atoms with E-state index in [1.54, 1.807) is 39.5 Å². The van der Waals surface area contributed by atoms with Gasteiger partial charge in [0.1, 0.15) is 5.69 Å². The van der Waals surface area contributed by atoms with Crippen molar-refractivity contribution in [3.8, 4) is 0 Å². The summed E-state index contributed by atoms with van der Waals surface area (Å²) in [5.41, 5.74) is 1.94. The Morgan fingerprint density at radius 1 is 1.21 bits per heavy atom. The van der Waals surface area contributed by atoms with E-state index in [-0.39, 0.29) is 17.6 Å². The Balaban J connectivity index is 1.59. The number of imidazole rings is 1. The van der Waals surface area contributed by atoms with Gasteiger partial charge in [-0.1, -0.05) is 18.2 Å². The van der Waals surface area contributed by atoms with E-state index in [1.165, 1.54) is 0 Å². The standard InChI is InChI=1S/C21H22N4O2S/c1-14-18(25-12-6-10-22-21(25)23-14)20(27)24-11-5-7-15(13-24)19(26)16-8-3-4-9-17(16)28-2/h3-4,6,8-10,12,15H,5,7,11,13H2,1-2H3/t15-/m0/s1. The van der Waals surface area contributed by atoms with Crippen LogP contribution in [0.4, 0.5) is 0 Å². The van der Waals surface area contributed by atoms with Crippen molar-refractivity contribution in [2.24, 2.45) is 5.92 Å². The molecule has 1 atom stereocenters. The van der Waals surface area contributed by atoms with Gasteiger partial charge in [0.2, 0.25) is 5.78 Å². The van der Waals surface area contributed by atoms with E-state index in [4.69, 9.17) is 0 Å². The number of benzene rings is 1. The molecule has 0 saturated carbocycles. The number of amides is 1. The number of thioether (sulfide) groups is 1. The molecular weight excluding hydrogens is 372 g/mol. The van der Waals surface area contributed by atoms with Crippen LogP contribution in [0.25, 0.3) is 5.78 Å². The molecule has 0 radical (unpaired) electrons. The lowest BCUT2D eigenvalue weighted by Crippen LogP contribution is -2.43. The number of aryl methyl sites for hydroxylation is 1. The second kappa shape index (κ2) is 7.75. The normalized spacial score (nSPS) is 17.1. The number of aromatic nitrogens is 3. The molecule has 1 aromatic carbocycles. The van der Waals surface area contributed by atoms with Crippen molar-refractivity contribution in [3.63, 3.8) is 0 Å². The molecule has 4 rings (SSSR count). The number of fused-ring (bicyclic) bond motifs is 1. The van der Waals surface area contributed by atoms with Crippen molar-refractivity contribution < 1.29 is 9.59 Å². The quantitative estimate of drug-likeness (QED) is 0.500. The van der Waals surface area contributed by atoms with Gasteiger partial charge in [0.05, 0.1) is 5.69 Å². The maximum Gasteiger partial charge on any atom is 0.272 e. The van der Waals surface area contributed by atoms with Crippen LogP contribution >= 0.6 is 11.8 Å². The highest BCUT2D eigenvalue weighted by Gasteiger charge is 2.32. The smallest absolute Gasteiger partial charge is 0.272 e. The van der Waals surface area contributed by atoms with E-state index in [0.717, 1.165) is 23.3 Å². The molecule has 2 aromatic heterocycles. The number of carbonyl (C=O) groups excluding carboxylic acids is 2. The first kappa shape index (κ1) is 18.7. The van der Waals surface area contributed by atoms with E-state index >= 15 is 0 Å². The molecule has 3 aromatic rings. The molecule has 0 N–H and O–H groups in total. The Morgan fingerprint density at radius 3 is 2.86 bits per heavy atom. The molecule has 144 valence electrons. The summed E-state index contributed by atoms with van der Waals surface area (Å²) in [6, 6.07) is 9.48. The highest BCUT2D eigenvalue weighted by atomic mass is 32.2. The number of hydrogen-bond donors (Lipinski definition) is 0. The van der Waals surface area contributed by atoms with Crippen molar-refractivity contribution in [3.05, 3.63) is 59.7 Å². The number of rotatable bonds is 4. The summed E-state index contributed by atoms with van der Waals surface area (Å²) in [7, 11) is 0. The van der Waals surface area contributed by atoms with Crippen molar-refractivity contribution >= 4 is 29.2 Å². The number of nitrogens with zero attached hydrogens (tertiary/aromatic N) is 4. The zero-order valence-corrected chi connectivity index (χ0v) is 16.8. The third kappa shape index (κ3) is 3.30. The topological polar surface area (TPSA) is 67.6 Å². The van der Waals surface area contributed by atoms with Crippen LogP contribution in [0.3, 0.4) is 0 Å². The maximum absolute atomic E-state index is 13.2. The molecule has 1 saturated heterocycles. The SMILES string of the molecule is CSc1ccccc1C(=O)[C@H]1CCCN(C(=O)c2c(C)nc3ncccn23)C1. The third-order valence-corrected chi connectivity index (χ3v) is 6.03. The van der Waals surface area contributed by atoms with Crippen LogP contribution in [-0.2, 0) is 0 Å². The first-order valence-corrected chi connectivity index (χ1v) is 10.6. The first-order chi connectivity index (χ1) is 13.6. The molecule has 1 amide bonds. The van der Waals surface area contributed by atoms with Crippen molar-refractivity contribution in [1.29, 1.82) is 0 Å². The van der Waals surface area contributed by atoms with Gasteiger partial charge in [0.15, 0.2) is 5.78 Å². The number of ketones is 1. The lowest BCUT2D eigenvalue weighted by Gasteiger charge is -2.32. The number of carbonyl (C=O) groups is 2. The second-order valence-corrected chi connectivity index (χ2v) is 7.84. The van der Waals surface area contributed by atoms with E-state index < -0.39 is 0 Å². The van der Waals surface area contributed by atoms with Gasteiger partial charge in [-0.25, -0.2) is 9.97 Å².